The minimum Gasteiger partial charge on any atom is -0.396 e. The lowest BCUT2D eigenvalue weighted by Gasteiger charge is -2.14. The largest absolute Gasteiger partial charge is 0.396 e. The molecule has 0 heterocycles. The van der Waals surface area contributed by atoms with Gasteiger partial charge in [0.2, 0.25) is 0 Å². The maximum atomic E-state index is 10.1. The van der Waals surface area contributed by atoms with Crippen LogP contribution in [0.5, 0.6) is 0 Å². The monoisotopic (exact) mass is 1390 g/mol. The third-order valence-corrected chi connectivity index (χ3v) is 9.80. The zero-order valence-electron chi connectivity index (χ0n) is 48.4. The van der Waals surface area contributed by atoms with Gasteiger partial charge in [-0.1, -0.05) is 0 Å². The molecule has 0 fully saturated rings. The Bertz CT molecular complexity index is 1800. The number of hydrogen-bond donors (Lipinski definition) is 5. The van der Waals surface area contributed by atoms with Gasteiger partial charge in [-0.05, 0) is 141 Å². The molecule has 0 saturated carbocycles. The molecular formula is C36H69N13O44. The van der Waals surface area contributed by atoms with Crippen molar-refractivity contribution >= 4 is 0 Å². The zero-order valence-corrected chi connectivity index (χ0v) is 48.4. The summed E-state index contributed by atoms with van der Waals surface area (Å²) in [6.45, 7) is -0.471. The Balaban J connectivity index is -0.000000354. The highest BCUT2D eigenvalue weighted by Crippen LogP contribution is 2.16. The molecule has 93 heavy (non-hydrogen) atoms. The molecule has 0 aliphatic heterocycles. The molecule has 4 atom stereocenters. The molecule has 0 aromatic rings. The molecule has 0 amide bonds. The van der Waals surface area contributed by atoms with E-state index in [2.05, 4.69) is 62.9 Å². The van der Waals surface area contributed by atoms with E-state index in [0.29, 0.717) is 12.8 Å². The molecular weight excluding hydrogens is 1320 g/mol. The van der Waals surface area contributed by atoms with E-state index in [0.717, 1.165) is 0 Å². The minimum atomic E-state index is -1.65. The molecule has 0 aliphatic carbocycles. The van der Waals surface area contributed by atoms with Crippen molar-refractivity contribution in [2.45, 2.75) is 191 Å². The van der Waals surface area contributed by atoms with Gasteiger partial charge < -0.3 is 49.7 Å². The molecule has 0 radical (unpaired) electrons. The van der Waals surface area contributed by atoms with E-state index >= 15 is 0 Å². The summed E-state index contributed by atoms with van der Waals surface area (Å²) >= 11 is 0. The first-order valence-electron chi connectivity index (χ1n) is 26.2. The average molecular weight is 1390 g/mol. The van der Waals surface area contributed by atoms with Gasteiger partial charge in [-0.15, -0.1) is 131 Å². The van der Waals surface area contributed by atoms with E-state index < -0.39 is 116 Å². The summed E-state index contributed by atoms with van der Waals surface area (Å²) in [7, 11) is 0. The van der Waals surface area contributed by atoms with Crippen molar-refractivity contribution < 1.29 is 155 Å². The van der Waals surface area contributed by atoms with Crippen LogP contribution in [0, 0.1) is 131 Å². The second-order valence-electron chi connectivity index (χ2n) is 17.0. The SMILES string of the molecule is O=[N+]([O-])OCCCC(O)CCCC(O[N+](=O)[O-])O[N+](=O)[O-].O=[N+]([O-])OCCCC(O)CCCC(O[N+](=O)[O-])O[N+](=O)[O-].O=[N+]([O-])OCCCC(O)CCCC(O[N+](=O)[O-])O[N+](=O)[O-].O=[N+]([O-])OCCCC(O)CCCC(O[N+](=O)[O-])O[N+](=O)[O-].O=[N+]([O-])OCCCCO. The number of nitrogens with zero attached hydrogens (tertiary/aromatic N) is 13. The quantitative estimate of drug-likeness (QED) is 0.0245. The zero-order chi connectivity index (χ0) is 72.1. The van der Waals surface area contributed by atoms with Crippen LogP contribution < -0.4 is 0 Å². The van der Waals surface area contributed by atoms with E-state index in [9.17, 15) is 152 Å². The molecule has 0 aliphatic rings. The molecule has 5 N–H and O–H groups in total. The van der Waals surface area contributed by atoms with Gasteiger partial charge in [0, 0.05) is 6.61 Å². The molecule has 0 aromatic heterocycles. The standard InChI is InChI=1S/4C8H15N3O10.C4H9NO4/c4*12-7(4-2-6-19-9(13)14)3-1-5-8(20-10(15)16)21-11(17)18;6-3-1-2-4-9-5(7)8/h4*7-8,12H,1-6H2;6H,1-4H2. The van der Waals surface area contributed by atoms with E-state index in [1.165, 1.54) is 0 Å². The Morgan fingerprint density at radius 2 is 0.366 bits per heavy atom. The lowest BCUT2D eigenvalue weighted by molar-refractivity contribution is -0.851. The average Bonchev–Trinajstić information content (AvgIpc) is 3.13. The number of rotatable bonds is 57. The second kappa shape index (κ2) is 60.3. The lowest BCUT2D eigenvalue weighted by atomic mass is 10.1. The molecule has 542 valence electrons. The molecule has 0 bridgehead atoms. The van der Waals surface area contributed by atoms with Gasteiger partial charge >= 0.3 is 0 Å². The highest BCUT2D eigenvalue weighted by Gasteiger charge is 2.22. The van der Waals surface area contributed by atoms with Crippen molar-refractivity contribution in [3.8, 4) is 0 Å². The Morgan fingerprint density at radius 3 is 0.505 bits per heavy atom. The third kappa shape index (κ3) is 81.4. The Kier molecular flexibility index (Phi) is 59.1. The molecule has 0 saturated heterocycles. The smallest absolute Gasteiger partial charge is 0.296 e. The first kappa shape index (κ1) is 91.1. The fourth-order valence-electron chi connectivity index (χ4n) is 6.11. The van der Waals surface area contributed by atoms with Crippen molar-refractivity contribution in [3.05, 3.63) is 131 Å². The van der Waals surface area contributed by atoms with Gasteiger partial charge in [0.25, 0.3) is 91.3 Å². The molecule has 0 spiro atoms. The van der Waals surface area contributed by atoms with Crippen LogP contribution in [-0.2, 0) is 62.9 Å². The molecule has 4 unspecified atom stereocenters. The van der Waals surface area contributed by atoms with E-state index in [4.69, 9.17) is 5.11 Å². The second-order valence-corrected chi connectivity index (χ2v) is 17.0. The van der Waals surface area contributed by atoms with E-state index in [1.807, 2.05) is 0 Å². The van der Waals surface area contributed by atoms with Crippen molar-refractivity contribution in [1.82, 2.24) is 0 Å². The van der Waals surface area contributed by atoms with E-state index in [1.54, 1.807) is 0 Å². The van der Waals surface area contributed by atoms with Gasteiger partial charge in [-0.3, -0.25) is 38.7 Å². The van der Waals surface area contributed by atoms with Crippen LogP contribution in [0.3, 0.4) is 0 Å². The lowest BCUT2D eigenvalue weighted by Crippen LogP contribution is -2.24. The summed E-state index contributed by atoms with van der Waals surface area (Å²) in [5.41, 5.74) is 0. The van der Waals surface area contributed by atoms with Crippen molar-refractivity contribution in [2.75, 3.05) is 39.6 Å². The predicted octanol–water partition coefficient (Wildman–Crippen LogP) is 0.962. The Morgan fingerprint density at radius 1 is 0.215 bits per heavy atom. The minimum absolute atomic E-state index is 0.0566. The summed E-state index contributed by atoms with van der Waals surface area (Å²) in [6, 6.07) is 0. The number of aliphatic hydroxyl groups is 5. The van der Waals surface area contributed by atoms with Crippen LogP contribution >= 0.6 is 0 Å². The summed E-state index contributed by atoms with van der Waals surface area (Å²) in [5.74, 6) is 0. The maximum absolute atomic E-state index is 10.1. The van der Waals surface area contributed by atoms with Gasteiger partial charge in [0.05, 0.1) is 57.5 Å². The van der Waals surface area contributed by atoms with Crippen LogP contribution in [0.4, 0.5) is 0 Å². The highest BCUT2D eigenvalue weighted by atomic mass is 17.1. The maximum Gasteiger partial charge on any atom is 0.296 e. The summed E-state index contributed by atoms with van der Waals surface area (Å²) in [5, 5.41) is 162. The number of unbranched alkanes of at least 4 members (excludes halogenated alkanes) is 1. The van der Waals surface area contributed by atoms with Crippen molar-refractivity contribution in [3.63, 3.8) is 0 Å². The topological polar surface area (TPSA) is 782 Å². The highest BCUT2D eigenvalue weighted by molar-refractivity contribution is 4.60. The van der Waals surface area contributed by atoms with Gasteiger partial charge in [-0.2, -0.15) is 0 Å². The Hall–Kier alpha value is -10.6. The van der Waals surface area contributed by atoms with Gasteiger partial charge in [-0.25, -0.2) is 0 Å². The molecule has 0 rings (SSSR count). The van der Waals surface area contributed by atoms with Crippen LogP contribution in [0.25, 0.3) is 0 Å². The third-order valence-electron chi connectivity index (χ3n) is 9.80. The predicted molar refractivity (Wildman–Crippen MR) is 277 cm³/mol. The fourth-order valence-corrected chi connectivity index (χ4v) is 6.11. The summed E-state index contributed by atoms with van der Waals surface area (Å²) < 4.78 is 0. The van der Waals surface area contributed by atoms with Crippen LogP contribution in [0.15, 0.2) is 0 Å². The molecule has 57 nitrogen and oxygen atoms in total. The van der Waals surface area contributed by atoms with Crippen LogP contribution in [-0.4, -0.2) is 181 Å². The van der Waals surface area contributed by atoms with Crippen LogP contribution in [0.1, 0.15) is 141 Å². The van der Waals surface area contributed by atoms with Crippen molar-refractivity contribution in [1.29, 1.82) is 0 Å². The number of aliphatic hydroxyl groups excluding tert-OH is 5. The first-order chi connectivity index (χ1) is 43.5. The Labute approximate surface area is 516 Å². The van der Waals surface area contributed by atoms with E-state index in [-0.39, 0.29) is 168 Å². The normalized spacial score (nSPS) is 11.5. The molecule has 0 aromatic carbocycles. The van der Waals surface area contributed by atoms with Gasteiger partial charge in [0.1, 0.15) is 0 Å². The summed E-state index contributed by atoms with van der Waals surface area (Å²) in [6.07, 6.45) is -6.13. The number of hydrogen-bond acceptors (Lipinski definition) is 44. The first-order valence-corrected chi connectivity index (χ1v) is 26.2. The summed E-state index contributed by atoms with van der Waals surface area (Å²) in [4.78, 5) is 181. The fraction of sp³-hybridized carbons (Fsp3) is 1.00. The van der Waals surface area contributed by atoms with Crippen molar-refractivity contribution in [2.24, 2.45) is 0 Å². The molecule has 57 heteroatoms. The van der Waals surface area contributed by atoms with Gasteiger partial charge in [0.15, 0.2) is 0 Å². The van der Waals surface area contributed by atoms with Crippen LogP contribution in [0.2, 0.25) is 0 Å².